The molecule has 1 unspecified atom stereocenters. The Balaban J connectivity index is 1.63. The molecule has 224 valence electrons. The minimum Gasteiger partial charge on any atom is -0.508 e. The Morgan fingerprint density at radius 2 is 1.65 bits per heavy atom. The molecule has 11 heteroatoms. The van der Waals surface area contributed by atoms with Gasteiger partial charge < -0.3 is 40.0 Å². The topological polar surface area (TPSA) is 187 Å². The van der Waals surface area contributed by atoms with Crippen molar-refractivity contribution in [1.82, 2.24) is 5.32 Å². The van der Waals surface area contributed by atoms with Gasteiger partial charge in [0.2, 0.25) is 17.1 Å². The highest BCUT2D eigenvalue weighted by Crippen LogP contribution is 2.38. The molecule has 4 aromatic rings. The zero-order chi connectivity index (χ0) is 31.1. The first-order valence-electron chi connectivity index (χ1n) is 13.6. The fourth-order valence-corrected chi connectivity index (χ4v) is 4.38. The average Bonchev–Trinajstić information content (AvgIpc) is 2.97. The van der Waals surface area contributed by atoms with E-state index in [4.69, 9.17) is 9.15 Å². The van der Waals surface area contributed by atoms with Gasteiger partial charge in [-0.25, -0.2) is 4.79 Å². The Hall–Kier alpha value is -5.45. The number of fused-ring (bicyclic) bond motifs is 1. The summed E-state index contributed by atoms with van der Waals surface area (Å²) >= 11 is 0. The SMILES string of the molecule is CCCCCCC(NC(=O)/C=C/c1ccc(O)cc1)C(=O)Oc1cc(O)cc2oc(-c3ccc(O)c(O)c3)c(O)c(=O)c12. The molecule has 0 spiro atoms. The van der Waals surface area contributed by atoms with Crippen LogP contribution in [0.4, 0.5) is 0 Å². The van der Waals surface area contributed by atoms with E-state index >= 15 is 0 Å². The molecule has 3 aromatic carbocycles. The summed E-state index contributed by atoms with van der Waals surface area (Å²) in [6.07, 6.45) is 6.27. The summed E-state index contributed by atoms with van der Waals surface area (Å²) in [7, 11) is 0. The van der Waals surface area contributed by atoms with Crippen LogP contribution in [0, 0.1) is 0 Å². The number of rotatable bonds is 11. The fourth-order valence-electron chi connectivity index (χ4n) is 4.38. The molecule has 1 atom stereocenters. The van der Waals surface area contributed by atoms with Gasteiger partial charge in [0.05, 0.1) is 0 Å². The lowest BCUT2D eigenvalue weighted by Crippen LogP contribution is -2.42. The Kier molecular flexibility index (Phi) is 9.56. The summed E-state index contributed by atoms with van der Waals surface area (Å²) < 4.78 is 11.2. The van der Waals surface area contributed by atoms with Crippen molar-refractivity contribution >= 4 is 28.9 Å². The van der Waals surface area contributed by atoms with Crippen LogP contribution in [0.5, 0.6) is 34.5 Å². The standard InChI is InChI=1S/C32H31NO10/c1-2-3-4-5-6-22(33-27(38)14-9-18-7-11-20(34)12-8-18)32(41)43-26-17-21(35)16-25-28(26)29(39)30(40)31(42-25)19-10-13-23(36)24(37)15-19/h7-17,22,34-37,40H,2-6H2,1H3,(H,33,38)/b14-9+. The van der Waals surface area contributed by atoms with Crippen molar-refractivity contribution < 1.29 is 44.3 Å². The van der Waals surface area contributed by atoms with E-state index in [1.165, 1.54) is 30.4 Å². The van der Waals surface area contributed by atoms with Crippen molar-refractivity contribution in [3.63, 3.8) is 0 Å². The molecule has 1 heterocycles. The number of hydrogen-bond acceptors (Lipinski definition) is 10. The molecule has 0 radical (unpaired) electrons. The number of phenolic OH excluding ortho intramolecular Hbond substituents is 4. The van der Waals surface area contributed by atoms with Gasteiger partial charge in [-0.1, -0.05) is 44.7 Å². The molecular formula is C32H31NO10. The second-order valence-electron chi connectivity index (χ2n) is 9.89. The zero-order valence-electron chi connectivity index (χ0n) is 23.2. The quantitative estimate of drug-likeness (QED) is 0.0454. The molecule has 0 aliphatic carbocycles. The highest BCUT2D eigenvalue weighted by Gasteiger charge is 2.26. The third kappa shape index (κ3) is 7.45. The maximum Gasteiger partial charge on any atom is 0.334 e. The summed E-state index contributed by atoms with van der Waals surface area (Å²) in [6.45, 7) is 2.03. The number of ether oxygens (including phenoxy) is 1. The Morgan fingerprint density at radius 3 is 2.35 bits per heavy atom. The zero-order valence-corrected chi connectivity index (χ0v) is 23.2. The number of unbranched alkanes of at least 4 members (excludes halogenated alkanes) is 3. The van der Waals surface area contributed by atoms with Crippen molar-refractivity contribution in [1.29, 1.82) is 0 Å². The molecule has 43 heavy (non-hydrogen) atoms. The van der Waals surface area contributed by atoms with Crippen LogP contribution in [0.25, 0.3) is 28.4 Å². The smallest absolute Gasteiger partial charge is 0.334 e. The van der Waals surface area contributed by atoms with Gasteiger partial charge in [0.1, 0.15) is 34.3 Å². The monoisotopic (exact) mass is 589 g/mol. The van der Waals surface area contributed by atoms with E-state index in [-0.39, 0.29) is 34.5 Å². The van der Waals surface area contributed by atoms with Crippen molar-refractivity contribution in [2.75, 3.05) is 0 Å². The third-order valence-corrected chi connectivity index (χ3v) is 6.64. The lowest BCUT2D eigenvalue weighted by atomic mass is 10.1. The van der Waals surface area contributed by atoms with Crippen LogP contribution in [-0.4, -0.2) is 43.5 Å². The number of carbonyl (C=O) groups is 2. The third-order valence-electron chi connectivity index (χ3n) is 6.64. The maximum absolute atomic E-state index is 13.3. The number of amides is 1. The van der Waals surface area contributed by atoms with Crippen LogP contribution >= 0.6 is 0 Å². The average molecular weight is 590 g/mol. The number of carbonyl (C=O) groups excluding carboxylic acids is 2. The molecule has 0 saturated heterocycles. The molecular weight excluding hydrogens is 558 g/mol. The van der Waals surface area contributed by atoms with Gasteiger partial charge in [0, 0.05) is 23.8 Å². The van der Waals surface area contributed by atoms with Crippen LogP contribution in [0.15, 0.2) is 69.9 Å². The number of hydrogen-bond donors (Lipinski definition) is 6. The minimum atomic E-state index is -1.11. The van der Waals surface area contributed by atoms with Crippen LogP contribution in [0.3, 0.4) is 0 Å². The normalized spacial score (nSPS) is 11.9. The molecule has 0 saturated carbocycles. The van der Waals surface area contributed by atoms with Gasteiger partial charge in [-0.05, 0) is 48.4 Å². The van der Waals surface area contributed by atoms with Gasteiger partial charge in [-0.2, -0.15) is 0 Å². The van der Waals surface area contributed by atoms with E-state index < -0.39 is 52.1 Å². The van der Waals surface area contributed by atoms with Gasteiger partial charge in [-0.3, -0.25) is 9.59 Å². The Labute approximate surface area is 245 Å². The molecule has 0 aliphatic heterocycles. The summed E-state index contributed by atoms with van der Waals surface area (Å²) in [4.78, 5) is 39.2. The number of phenols is 4. The molecule has 0 bridgehead atoms. The summed E-state index contributed by atoms with van der Waals surface area (Å²) in [5.41, 5.74) is -0.501. The lowest BCUT2D eigenvalue weighted by molar-refractivity contribution is -0.138. The lowest BCUT2D eigenvalue weighted by Gasteiger charge is -2.18. The van der Waals surface area contributed by atoms with Crippen LogP contribution in [0.1, 0.15) is 44.6 Å². The highest BCUT2D eigenvalue weighted by atomic mass is 16.5. The molecule has 0 aliphatic rings. The van der Waals surface area contributed by atoms with Gasteiger partial charge >= 0.3 is 5.97 Å². The molecule has 1 amide bonds. The Bertz CT molecular complexity index is 1720. The molecule has 1 aromatic heterocycles. The maximum atomic E-state index is 13.3. The first kappa shape index (κ1) is 30.5. The number of benzene rings is 3. The van der Waals surface area contributed by atoms with Gasteiger partial charge in [0.25, 0.3) is 0 Å². The van der Waals surface area contributed by atoms with E-state index in [2.05, 4.69) is 5.32 Å². The molecule has 4 rings (SSSR count). The van der Waals surface area contributed by atoms with Gasteiger partial charge in [0.15, 0.2) is 17.3 Å². The van der Waals surface area contributed by atoms with Crippen LogP contribution < -0.4 is 15.5 Å². The summed E-state index contributed by atoms with van der Waals surface area (Å²) in [5.74, 6) is -4.36. The predicted molar refractivity (Wildman–Crippen MR) is 158 cm³/mol. The second kappa shape index (κ2) is 13.5. The number of aromatic hydroxyl groups is 5. The van der Waals surface area contributed by atoms with Crippen LogP contribution in [-0.2, 0) is 9.59 Å². The molecule has 6 N–H and O–H groups in total. The van der Waals surface area contributed by atoms with Crippen molar-refractivity contribution in [2.45, 2.75) is 45.1 Å². The van der Waals surface area contributed by atoms with E-state index in [0.29, 0.717) is 12.0 Å². The van der Waals surface area contributed by atoms with Crippen LogP contribution in [0.2, 0.25) is 0 Å². The minimum absolute atomic E-state index is 0.0592. The van der Waals surface area contributed by atoms with Crippen molar-refractivity contribution in [3.05, 3.63) is 76.5 Å². The summed E-state index contributed by atoms with van der Waals surface area (Å²) in [5, 5.41) is 52.1. The fraction of sp³-hybridized carbons (Fsp3) is 0.219. The first-order chi connectivity index (χ1) is 20.6. The van der Waals surface area contributed by atoms with E-state index in [1.807, 2.05) is 6.92 Å². The largest absolute Gasteiger partial charge is 0.508 e. The molecule has 11 nitrogen and oxygen atoms in total. The number of nitrogens with one attached hydrogen (secondary N) is 1. The first-order valence-corrected chi connectivity index (χ1v) is 13.6. The van der Waals surface area contributed by atoms with Crippen molar-refractivity contribution in [3.8, 4) is 45.8 Å². The highest BCUT2D eigenvalue weighted by molar-refractivity contribution is 5.96. The van der Waals surface area contributed by atoms with E-state index in [9.17, 15) is 39.9 Å². The van der Waals surface area contributed by atoms with E-state index in [1.54, 1.807) is 12.1 Å². The number of esters is 1. The Morgan fingerprint density at radius 1 is 0.907 bits per heavy atom. The molecule has 0 fully saturated rings. The second-order valence-corrected chi connectivity index (χ2v) is 9.89. The van der Waals surface area contributed by atoms with Crippen molar-refractivity contribution in [2.24, 2.45) is 0 Å². The predicted octanol–water partition coefficient (Wildman–Crippen LogP) is 5.06. The van der Waals surface area contributed by atoms with Gasteiger partial charge in [-0.15, -0.1) is 0 Å². The van der Waals surface area contributed by atoms with E-state index in [0.717, 1.165) is 43.5 Å². The summed E-state index contributed by atoms with van der Waals surface area (Å²) in [6, 6.07) is 10.7.